The van der Waals surface area contributed by atoms with E-state index in [9.17, 15) is 9.90 Å². The summed E-state index contributed by atoms with van der Waals surface area (Å²) < 4.78 is 0. The van der Waals surface area contributed by atoms with Crippen LogP contribution in [0.15, 0.2) is 42.6 Å². The average Bonchev–Trinajstić information content (AvgIpc) is 3.20. The molecule has 4 rings (SSSR count). The first kappa shape index (κ1) is 20.0. The highest BCUT2D eigenvalue weighted by Gasteiger charge is 2.41. The fraction of sp³-hybridized carbons (Fsp3) is 0.500. The molecule has 29 heavy (non-hydrogen) atoms. The first-order chi connectivity index (χ1) is 14.1. The van der Waals surface area contributed by atoms with Gasteiger partial charge in [-0.15, -0.1) is 0 Å². The van der Waals surface area contributed by atoms with E-state index in [0.29, 0.717) is 19.5 Å². The van der Waals surface area contributed by atoms with E-state index in [2.05, 4.69) is 28.5 Å². The van der Waals surface area contributed by atoms with E-state index < -0.39 is 5.60 Å². The zero-order chi connectivity index (χ0) is 20.1. The molecule has 1 atom stereocenters. The lowest BCUT2D eigenvalue weighted by molar-refractivity contribution is -0.156. The smallest absolute Gasteiger partial charge is 0.255 e. The molecule has 154 valence electrons. The minimum atomic E-state index is -1.30. The van der Waals surface area contributed by atoms with Crippen molar-refractivity contribution in [3.63, 3.8) is 0 Å². The predicted molar refractivity (Wildman–Crippen MR) is 113 cm³/mol. The standard InChI is InChI=1S/C24H31N3O2/c28-23-24(29,18-25-16-20-15-21-10-4-11-22(21)26-17-20)12-6-14-27(23)13-5-9-19-7-2-1-3-8-19/h1-3,7-8,15,17,25,29H,4-6,9-14,16,18H2. The number of carbonyl (C=O) groups excluding carboxylic acids is 1. The summed E-state index contributed by atoms with van der Waals surface area (Å²) in [5.41, 5.74) is 3.69. The Morgan fingerprint density at radius 1 is 1.14 bits per heavy atom. The van der Waals surface area contributed by atoms with Crippen LogP contribution in [0.25, 0.3) is 0 Å². The van der Waals surface area contributed by atoms with Gasteiger partial charge in [-0.3, -0.25) is 9.78 Å². The van der Waals surface area contributed by atoms with Gasteiger partial charge in [0.25, 0.3) is 5.91 Å². The molecule has 0 spiro atoms. The van der Waals surface area contributed by atoms with Gasteiger partial charge >= 0.3 is 0 Å². The molecule has 1 aromatic heterocycles. The number of likely N-dealkylation sites (tertiary alicyclic amines) is 1. The number of aryl methyl sites for hydroxylation is 3. The third-order valence-corrected chi connectivity index (χ3v) is 6.16. The van der Waals surface area contributed by atoms with Crippen LogP contribution in [-0.2, 0) is 30.6 Å². The highest BCUT2D eigenvalue weighted by molar-refractivity contribution is 5.86. The van der Waals surface area contributed by atoms with Gasteiger partial charge in [-0.1, -0.05) is 36.4 Å². The molecule has 1 amide bonds. The van der Waals surface area contributed by atoms with Crippen LogP contribution in [0, 0.1) is 0 Å². The maximum atomic E-state index is 12.9. The molecule has 2 aliphatic rings. The van der Waals surface area contributed by atoms with E-state index in [0.717, 1.165) is 44.2 Å². The molecule has 1 unspecified atom stereocenters. The van der Waals surface area contributed by atoms with E-state index in [1.165, 1.54) is 23.2 Å². The summed E-state index contributed by atoms with van der Waals surface area (Å²) in [6.07, 6.45) is 8.53. The van der Waals surface area contributed by atoms with Crippen LogP contribution in [0.1, 0.15) is 48.1 Å². The van der Waals surface area contributed by atoms with Gasteiger partial charge in [0, 0.05) is 38.1 Å². The van der Waals surface area contributed by atoms with Crippen molar-refractivity contribution in [3.05, 3.63) is 65.0 Å². The molecule has 0 bridgehead atoms. The topological polar surface area (TPSA) is 65.5 Å². The number of nitrogens with zero attached hydrogens (tertiary/aromatic N) is 2. The van der Waals surface area contributed by atoms with Crippen LogP contribution in [-0.4, -0.2) is 46.1 Å². The van der Waals surface area contributed by atoms with Gasteiger partial charge in [0.05, 0.1) is 0 Å². The van der Waals surface area contributed by atoms with Gasteiger partial charge in [0.15, 0.2) is 5.60 Å². The Morgan fingerprint density at radius 3 is 2.86 bits per heavy atom. The molecule has 1 aliphatic carbocycles. The maximum absolute atomic E-state index is 12.9. The number of hydrogen-bond donors (Lipinski definition) is 2. The van der Waals surface area contributed by atoms with Gasteiger partial charge in [-0.25, -0.2) is 0 Å². The number of piperidine rings is 1. The summed E-state index contributed by atoms with van der Waals surface area (Å²) in [6, 6.07) is 12.6. The summed E-state index contributed by atoms with van der Waals surface area (Å²) in [4.78, 5) is 19.3. The third kappa shape index (κ3) is 4.85. The van der Waals surface area contributed by atoms with Crippen LogP contribution in [0.3, 0.4) is 0 Å². The van der Waals surface area contributed by atoms with E-state index >= 15 is 0 Å². The molecular formula is C24H31N3O2. The SMILES string of the molecule is O=C1N(CCCc2ccccc2)CCCC1(O)CNCc1cnc2c(c1)CCC2. The van der Waals surface area contributed by atoms with Gasteiger partial charge < -0.3 is 15.3 Å². The van der Waals surface area contributed by atoms with Crippen molar-refractivity contribution in [2.45, 2.75) is 57.1 Å². The van der Waals surface area contributed by atoms with E-state index in [4.69, 9.17) is 0 Å². The first-order valence-electron chi connectivity index (χ1n) is 10.9. The molecule has 2 aromatic rings. The number of benzene rings is 1. The first-order valence-corrected chi connectivity index (χ1v) is 10.9. The van der Waals surface area contributed by atoms with Crippen LogP contribution in [0.5, 0.6) is 0 Å². The Bertz CT molecular complexity index is 839. The van der Waals surface area contributed by atoms with Crippen molar-refractivity contribution >= 4 is 5.91 Å². The molecule has 1 saturated heterocycles. The van der Waals surface area contributed by atoms with Gasteiger partial charge in [-0.2, -0.15) is 0 Å². The van der Waals surface area contributed by atoms with Crippen molar-refractivity contribution in [2.24, 2.45) is 0 Å². The molecule has 5 heteroatoms. The normalized spacial score (nSPS) is 21.4. The Hall–Kier alpha value is -2.24. The van der Waals surface area contributed by atoms with Crippen molar-refractivity contribution in [1.29, 1.82) is 0 Å². The number of rotatable bonds is 8. The van der Waals surface area contributed by atoms with Crippen LogP contribution in [0.4, 0.5) is 0 Å². The minimum Gasteiger partial charge on any atom is -0.379 e. The highest BCUT2D eigenvalue weighted by Crippen LogP contribution is 2.23. The summed E-state index contributed by atoms with van der Waals surface area (Å²) >= 11 is 0. The monoisotopic (exact) mass is 393 g/mol. The molecular weight excluding hydrogens is 362 g/mol. The van der Waals surface area contributed by atoms with Crippen LogP contribution < -0.4 is 5.32 Å². The van der Waals surface area contributed by atoms with Gasteiger partial charge in [-0.05, 0) is 61.6 Å². The zero-order valence-corrected chi connectivity index (χ0v) is 17.1. The molecule has 0 saturated carbocycles. The predicted octanol–water partition coefficient (Wildman–Crippen LogP) is 2.65. The van der Waals surface area contributed by atoms with Crippen molar-refractivity contribution in [1.82, 2.24) is 15.2 Å². The van der Waals surface area contributed by atoms with Crippen molar-refractivity contribution in [2.75, 3.05) is 19.6 Å². The number of nitrogens with one attached hydrogen (secondary N) is 1. The van der Waals surface area contributed by atoms with E-state index in [1.54, 1.807) is 0 Å². The quantitative estimate of drug-likeness (QED) is 0.724. The van der Waals surface area contributed by atoms with E-state index in [1.807, 2.05) is 29.3 Å². The van der Waals surface area contributed by atoms with Crippen LogP contribution in [0.2, 0.25) is 0 Å². The molecule has 1 aliphatic heterocycles. The fourth-order valence-corrected chi connectivity index (χ4v) is 4.55. The second-order valence-corrected chi connectivity index (χ2v) is 8.42. The number of aliphatic hydroxyl groups is 1. The molecule has 2 N–H and O–H groups in total. The highest BCUT2D eigenvalue weighted by atomic mass is 16.3. The molecule has 1 aromatic carbocycles. The lowest BCUT2D eigenvalue weighted by atomic mass is 9.91. The number of carbonyl (C=O) groups is 1. The maximum Gasteiger partial charge on any atom is 0.255 e. The average molecular weight is 394 g/mol. The lowest BCUT2D eigenvalue weighted by Crippen LogP contribution is -2.58. The molecule has 0 radical (unpaired) electrons. The largest absolute Gasteiger partial charge is 0.379 e. The van der Waals surface area contributed by atoms with Crippen molar-refractivity contribution < 1.29 is 9.90 Å². The summed E-state index contributed by atoms with van der Waals surface area (Å²) in [6.45, 7) is 2.36. The number of amides is 1. The summed E-state index contributed by atoms with van der Waals surface area (Å²) in [5.74, 6) is -0.128. The molecule has 2 heterocycles. The molecule has 1 fully saturated rings. The number of pyridine rings is 1. The number of fused-ring (bicyclic) bond motifs is 1. The Morgan fingerprint density at radius 2 is 2.00 bits per heavy atom. The summed E-state index contributed by atoms with van der Waals surface area (Å²) in [5, 5.41) is 14.3. The fourth-order valence-electron chi connectivity index (χ4n) is 4.55. The van der Waals surface area contributed by atoms with Gasteiger partial charge in [0.2, 0.25) is 0 Å². The molecule has 5 nitrogen and oxygen atoms in total. The Balaban J connectivity index is 1.27. The Kier molecular flexibility index (Phi) is 6.26. The second-order valence-electron chi connectivity index (χ2n) is 8.42. The third-order valence-electron chi connectivity index (χ3n) is 6.16. The van der Waals surface area contributed by atoms with Crippen molar-refractivity contribution in [3.8, 4) is 0 Å². The van der Waals surface area contributed by atoms with Crippen LogP contribution >= 0.6 is 0 Å². The summed E-state index contributed by atoms with van der Waals surface area (Å²) in [7, 11) is 0. The number of hydrogen-bond acceptors (Lipinski definition) is 4. The zero-order valence-electron chi connectivity index (χ0n) is 17.1. The lowest BCUT2D eigenvalue weighted by Gasteiger charge is -2.38. The Labute approximate surface area is 173 Å². The second kappa shape index (κ2) is 9.06. The van der Waals surface area contributed by atoms with Gasteiger partial charge in [0.1, 0.15) is 0 Å². The number of aromatic nitrogens is 1. The van der Waals surface area contributed by atoms with E-state index in [-0.39, 0.29) is 12.5 Å². The minimum absolute atomic E-state index is 0.128.